The summed E-state index contributed by atoms with van der Waals surface area (Å²) < 4.78 is 28.6. The SMILES string of the molecule is C=C[C@H]1OC2(CCCC3=Cc4c(cnn4-c4cccc(F)c4)C[C@@]32C)O[C@@H]1C=C. The molecule has 5 heteroatoms. The van der Waals surface area contributed by atoms with E-state index in [0.29, 0.717) is 0 Å². The van der Waals surface area contributed by atoms with Gasteiger partial charge < -0.3 is 9.47 Å². The predicted molar refractivity (Wildman–Crippen MR) is 110 cm³/mol. The molecule has 0 bridgehead atoms. The molecule has 150 valence electrons. The Kier molecular flexibility index (Phi) is 4.16. The van der Waals surface area contributed by atoms with Gasteiger partial charge >= 0.3 is 0 Å². The van der Waals surface area contributed by atoms with Crippen molar-refractivity contribution in [1.29, 1.82) is 0 Å². The fourth-order valence-corrected chi connectivity index (χ4v) is 5.17. The standard InChI is InChI=1S/C24H25FN2O2/c1-4-21-22(5-2)29-24(28-21)11-7-8-17-12-20-16(14-23(17,24)3)15-26-27(20)19-10-6-9-18(25)13-19/h4-6,9-10,12-13,15,21-22H,1-2,7-8,11,14H2,3H3/t21-,22-,23+/m1/s1. The van der Waals surface area contributed by atoms with E-state index in [1.54, 1.807) is 18.2 Å². The molecule has 4 nitrogen and oxygen atoms in total. The lowest BCUT2D eigenvalue weighted by atomic mass is 9.62. The van der Waals surface area contributed by atoms with Crippen LogP contribution in [0.15, 0.2) is 61.3 Å². The van der Waals surface area contributed by atoms with Crippen LogP contribution in [-0.4, -0.2) is 27.8 Å². The van der Waals surface area contributed by atoms with E-state index < -0.39 is 5.79 Å². The highest BCUT2D eigenvalue weighted by Gasteiger charge is 2.61. The monoisotopic (exact) mass is 392 g/mol. The quantitative estimate of drug-likeness (QED) is 0.690. The maximum Gasteiger partial charge on any atom is 0.179 e. The third-order valence-electron chi connectivity index (χ3n) is 6.74. The van der Waals surface area contributed by atoms with Crippen molar-refractivity contribution in [1.82, 2.24) is 9.78 Å². The van der Waals surface area contributed by atoms with Crippen LogP contribution in [-0.2, 0) is 15.9 Å². The molecule has 3 atom stereocenters. The van der Waals surface area contributed by atoms with E-state index in [1.165, 1.54) is 17.7 Å². The Bertz CT molecular complexity index is 1010. The average Bonchev–Trinajstić information content (AvgIpc) is 3.29. The second kappa shape index (κ2) is 6.51. The third-order valence-corrected chi connectivity index (χ3v) is 6.74. The van der Waals surface area contributed by atoms with E-state index in [9.17, 15) is 4.39 Å². The first-order chi connectivity index (χ1) is 14.0. The van der Waals surface area contributed by atoms with Crippen LogP contribution in [0.5, 0.6) is 0 Å². The molecule has 0 N–H and O–H groups in total. The summed E-state index contributed by atoms with van der Waals surface area (Å²) in [6.45, 7) is 10.1. The van der Waals surface area contributed by atoms with Gasteiger partial charge in [0.15, 0.2) is 5.79 Å². The minimum Gasteiger partial charge on any atom is -0.339 e. The molecule has 0 radical (unpaired) electrons. The molecule has 0 unspecified atom stereocenters. The Hall–Kier alpha value is -2.50. The molecule has 1 aliphatic heterocycles. The van der Waals surface area contributed by atoms with Crippen molar-refractivity contribution in [3.8, 4) is 5.69 Å². The van der Waals surface area contributed by atoms with Crippen LogP contribution >= 0.6 is 0 Å². The van der Waals surface area contributed by atoms with Crippen molar-refractivity contribution >= 4 is 6.08 Å². The van der Waals surface area contributed by atoms with Crippen LogP contribution in [0, 0.1) is 11.2 Å². The minimum atomic E-state index is -0.701. The highest BCUT2D eigenvalue weighted by atomic mass is 19.1. The summed E-state index contributed by atoms with van der Waals surface area (Å²) in [5.41, 5.74) is 3.85. The summed E-state index contributed by atoms with van der Waals surface area (Å²) in [6.07, 6.45) is 10.9. The largest absolute Gasteiger partial charge is 0.339 e. The van der Waals surface area contributed by atoms with Gasteiger partial charge in [0.1, 0.15) is 18.0 Å². The summed E-state index contributed by atoms with van der Waals surface area (Å²) in [4.78, 5) is 0. The van der Waals surface area contributed by atoms with Crippen LogP contribution in [0.3, 0.4) is 0 Å². The van der Waals surface area contributed by atoms with Crippen molar-refractivity contribution in [2.75, 3.05) is 0 Å². The van der Waals surface area contributed by atoms with E-state index in [4.69, 9.17) is 9.47 Å². The second-order valence-corrected chi connectivity index (χ2v) is 8.37. The van der Waals surface area contributed by atoms with Gasteiger partial charge in [-0.2, -0.15) is 5.10 Å². The first-order valence-electron chi connectivity index (χ1n) is 10.1. The number of hydrogen-bond donors (Lipinski definition) is 0. The Morgan fingerprint density at radius 3 is 2.69 bits per heavy atom. The third kappa shape index (κ3) is 2.61. The molecule has 3 aliphatic rings. The van der Waals surface area contributed by atoms with Crippen molar-refractivity contribution in [2.24, 2.45) is 5.41 Å². The summed E-state index contributed by atoms with van der Waals surface area (Å²) in [5.74, 6) is -0.969. The van der Waals surface area contributed by atoms with Crippen LogP contribution in [0.1, 0.15) is 37.4 Å². The number of benzene rings is 1. The zero-order chi connectivity index (χ0) is 20.2. The van der Waals surface area contributed by atoms with Gasteiger partial charge in [-0.1, -0.05) is 30.7 Å². The summed E-state index contributed by atoms with van der Waals surface area (Å²) in [5, 5.41) is 4.57. The number of halogens is 1. The number of fused-ring (bicyclic) bond motifs is 3. The summed E-state index contributed by atoms with van der Waals surface area (Å²) in [6, 6.07) is 6.53. The van der Waals surface area contributed by atoms with E-state index in [-0.39, 0.29) is 23.4 Å². The van der Waals surface area contributed by atoms with Gasteiger partial charge in [-0.3, -0.25) is 0 Å². The van der Waals surface area contributed by atoms with Crippen LogP contribution < -0.4 is 0 Å². The fourth-order valence-electron chi connectivity index (χ4n) is 5.17. The maximum absolute atomic E-state index is 13.8. The number of ether oxygens (including phenoxy) is 2. The van der Waals surface area contributed by atoms with Gasteiger partial charge in [-0.25, -0.2) is 9.07 Å². The average molecular weight is 392 g/mol. The molecule has 1 saturated carbocycles. The smallest absolute Gasteiger partial charge is 0.179 e. The van der Waals surface area contributed by atoms with E-state index >= 15 is 0 Å². The molecule has 5 rings (SSSR count). The Balaban J connectivity index is 1.58. The molecule has 1 spiro atoms. The highest BCUT2D eigenvalue weighted by molar-refractivity contribution is 5.62. The van der Waals surface area contributed by atoms with Gasteiger partial charge in [0, 0.05) is 11.8 Å². The van der Waals surface area contributed by atoms with E-state index in [2.05, 4.69) is 31.3 Å². The van der Waals surface area contributed by atoms with Gasteiger partial charge in [-0.15, -0.1) is 13.2 Å². The second-order valence-electron chi connectivity index (χ2n) is 8.37. The molecule has 2 fully saturated rings. The van der Waals surface area contributed by atoms with Crippen LogP contribution in [0.2, 0.25) is 0 Å². The molecule has 2 aliphatic carbocycles. The lowest BCUT2D eigenvalue weighted by Crippen LogP contribution is -2.53. The molecular formula is C24H25FN2O2. The molecule has 0 amide bonds. The van der Waals surface area contributed by atoms with Gasteiger partial charge in [0.25, 0.3) is 0 Å². The minimum absolute atomic E-state index is 0.194. The number of nitrogens with zero attached hydrogens (tertiary/aromatic N) is 2. The molecule has 1 saturated heterocycles. The number of aromatic nitrogens is 2. The lowest BCUT2D eigenvalue weighted by Gasteiger charge is -2.51. The molecule has 1 aromatic heterocycles. The van der Waals surface area contributed by atoms with E-state index in [0.717, 1.165) is 42.6 Å². The zero-order valence-corrected chi connectivity index (χ0v) is 16.6. The summed E-state index contributed by atoms with van der Waals surface area (Å²) >= 11 is 0. The predicted octanol–water partition coefficient (Wildman–Crippen LogP) is 4.99. The normalized spacial score (nSPS) is 29.8. The van der Waals surface area contributed by atoms with Crippen molar-refractivity contribution in [3.05, 3.63) is 78.4 Å². The molecule has 29 heavy (non-hydrogen) atoms. The fraction of sp³-hybridized carbons (Fsp3) is 0.375. The Morgan fingerprint density at radius 1 is 1.24 bits per heavy atom. The Labute approximate surface area is 170 Å². The number of rotatable bonds is 3. The zero-order valence-electron chi connectivity index (χ0n) is 16.6. The van der Waals surface area contributed by atoms with Crippen molar-refractivity contribution in [2.45, 2.75) is 50.6 Å². The first kappa shape index (κ1) is 18.5. The highest BCUT2D eigenvalue weighted by Crippen LogP contribution is 2.58. The van der Waals surface area contributed by atoms with Crippen LogP contribution in [0.25, 0.3) is 11.8 Å². The molecular weight excluding hydrogens is 367 g/mol. The molecule has 2 heterocycles. The Morgan fingerprint density at radius 2 is 2.00 bits per heavy atom. The number of hydrogen-bond acceptors (Lipinski definition) is 3. The molecule has 1 aromatic carbocycles. The van der Waals surface area contributed by atoms with Gasteiger partial charge in [0.2, 0.25) is 0 Å². The topological polar surface area (TPSA) is 36.3 Å². The van der Waals surface area contributed by atoms with Crippen molar-refractivity contribution in [3.63, 3.8) is 0 Å². The first-order valence-corrected chi connectivity index (χ1v) is 10.1. The maximum atomic E-state index is 13.8. The van der Waals surface area contributed by atoms with Gasteiger partial charge in [-0.05, 0) is 49.1 Å². The lowest BCUT2D eigenvalue weighted by molar-refractivity contribution is -0.243. The molecule has 2 aromatic rings. The van der Waals surface area contributed by atoms with Crippen molar-refractivity contribution < 1.29 is 13.9 Å². The van der Waals surface area contributed by atoms with Crippen LogP contribution in [0.4, 0.5) is 4.39 Å². The van der Waals surface area contributed by atoms with Gasteiger partial charge in [0.05, 0.1) is 17.6 Å². The summed E-state index contributed by atoms with van der Waals surface area (Å²) in [7, 11) is 0. The van der Waals surface area contributed by atoms with E-state index in [1.807, 2.05) is 16.9 Å².